The van der Waals surface area contributed by atoms with Crippen LogP contribution in [0.3, 0.4) is 0 Å². The average molecular weight is 796 g/mol. The first-order valence-corrected chi connectivity index (χ1v) is 21.8. The number of hydrogen-bond acceptors (Lipinski definition) is 3. The number of fused-ring (bicyclic) bond motifs is 9. The fraction of sp³-hybridized carbons (Fsp3) is 0.0678. The van der Waals surface area contributed by atoms with Gasteiger partial charge in [0, 0.05) is 61.4 Å². The molecule has 0 spiro atoms. The molecule has 0 aliphatic heterocycles. The highest BCUT2D eigenvalue weighted by molar-refractivity contribution is 6.37. The number of nitriles is 2. The van der Waals surface area contributed by atoms with Gasteiger partial charge >= 0.3 is 0 Å². The van der Waals surface area contributed by atoms with E-state index >= 15 is 4.79 Å². The van der Waals surface area contributed by atoms with Crippen molar-refractivity contribution in [1.82, 2.24) is 4.40 Å². The van der Waals surface area contributed by atoms with Gasteiger partial charge in [0.25, 0.3) is 0 Å². The van der Waals surface area contributed by atoms with E-state index in [1.54, 1.807) is 0 Å². The molecule has 0 saturated carbocycles. The first-order chi connectivity index (χ1) is 31.2. The number of rotatable bonds is 0. The lowest BCUT2D eigenvalue weighted by Gasteiger charge is -2.43. The topological polar surface area (TPSA) is 69.1 Å². The zero-order chi connectivity index (χ0) is 41.1. The van der Waals surface area contributed by atoms with Crippen LogP contribution in [0.2, 0.25) is 0 Å². The monoisotopic (exact) mass is 795 g/mol. The molecule has 12 aromatic rings. The van der Waals surface area contributed by atoms with E-state index in [9.17, 15) is 10.5 Å². The van der Waals surface area contributed by atoms with Crippen LogP contribution in [0.25, 0.3) is 70.4 Å². The quantitative estimate of drug-likeness (QED) is 0.113. The van der Waals surface area contributed by atoms with Crippen molar-refractivity contribution in [2.24, 2.45) is 0 Å². The van der Waals surface area contributed by atoms with Gasteiger partial charge < -0.3 is 4.40 Å². The van der Waals surface area contributed by atoms with Gasteiger partial charge in [-0.15, -0.1) is 0 Å². The average Bonchev–Trinajstić information content (AvgIpc) is 3.86. The van der Waals surface area contributed by atoms with Crippen molar-refractivity contribution < 1.29 is 0 Å². The van der Waals surface area contributed by atoms with E-state index in [2.05, 4.69) is 156 Å². The summed E-state index contributed by atoms with van der Waals surface area (Å²) in [6, 6.07) is 59.5. The van der Waals surface area contributed by atoms with Gasteiger partial charge in [-0.1, -0.05) is 133 Å². The van der Waals surface area contributed by atoms with Gasteiger partial charge in [0.2, 0.25) is 0 Å². The molecule has 4 bridgehead atoms. The fourth-order valence-corrected chi connectivity index (χ4v) is 13.8. The molecular weight excluding hydrogens is 767 g/mol. The smallest absolute Gasteiger partial charge is 0.195 e. The molecule has 0 radical (unpaired) electrons. The van der Waals surface area contributed by atoms with E-state index in [0.717, 1.165) is 87.1 Å². The SMILES string of the molecule is N#Cc1cc2c(c3c1C1c4ccccc4C3c3ccccc31)c1cc3c4cccc5cccc(c(=O)c3c3c6c7c(c(C#N)cc6n2c13)C1c2ccccc2C7c2ccccc21)c54. The summed E-state index contributed by atoms with van der Waals surface area (Å²) in [5.41, 5.74) is 18.7. The predicted molar refractivity (Wildman–Crippen MR) is 250 cm³/mol. The minimum atomic E-state index is -0.137. The maximum atomic E-state index is 15.6. The van der Waals surface area contributed by atoms with Gasteiger partial charge in [-0.25, -0.2) is 0 Å². The van der Waals surface area contributed by atoms with Crippen molar-refractivity contribution in [3.63, 3.8) is 0 Å². The van der Waals surface area contributed by atoms with Crippen LogP contribution in [-0.4, -0.2) is 4.40 Å². The van der Waals surface area contributed by atoms with Crippen molar-refractivity contribution in [3.05, 3.63) is 240 Å². The number of nitrogens with zero attached hydrogens (tertiary/aromatic N) is 3. The van der Waals surface area contributed by atoms with Crippen LogP contribution in [-0.2, 0) is 0 Å². The molecule has 286 valence electrons. The molecule has 2 aromatic heterocycles. The fourth-order valence-electron chi connectivity index (χ4n) is 13.8. The Hall–Kier alpha value is -8.31. The highest BCUT2D eigenvalue weighted by Gasteiger charge is 2.47. The zero-order valence-corrected chi connectivity index (χ0v) is 33.5. The second-order valence-electron chi connectivity index (χ2n) is 18.2. The van der Waals surface area contributed by atoms with E-state index in [1.807, 2.05) is 12.1 Å². The molecule has 0 unspecified atom stereocenters. The Morgan fingerprint density at radius 3 is 1.29 bits per heavy atom. The highest BCUT2D eigenvalue weighted by atomic mass is 16.1. The van der Waals surface area contributed by atoms with E-state index in [1.165, 1.54) is 50.1 Å². The molecule has 0 fully saturated rings. The molecule has 63 heavy (non-hydrogen) atoms. The summed E-state index contributed by atoms with van der Waals surface area (Å²) in [4.78, 5) is 15.6. The van der Waals surface area contributed by atoms with Gasteiger partial charge in [-0.3, -0.25) is 4.79 Å². The Morgan fingerprint density at radius 1 is 0.381 bits per heavy atom. The summed E-state index contributed by atoms with van der Waals surface area (Å²) in [5, 5.41) is 32.2. The Labute approximate surface area is 359 Å². The second-order valence-corrected chi connectivity index (χ2v) is 18.2. The van der Waals surface area contributed by atoms with E-state index < -0.39 is 0 Å². The summed E-state index contributed by atoms with van der Waals surface area (Å²) in [7, 11) is 0. The number of hydrogen-bond donors (Lipinski definition) is 0. The van der Waals surface area contributed by atoms with Crippen molar-refractivity contribution >= 4 is 70.4 Å². The third-order valence-corrected chi connectivity index (χ3v) is 15.8. The third-order valence-electron chi connectivity index (χ3n) is 15.8. The van der Waals surface area contributed by atoms with Crippen molar-refractivity contribution in [1.29, 1.82) is 10.5 Å². The summed E-state index contributed by atoms with van der Waals surface area (Å²) in [5.74, 6) is -0.431. The highest BCUT2D eigenvalue weighted by Crippen LogP contribution is 2.62. The lowest BCUT2D eigenvalue weighted by molar-refractivity contribution is 0.758. The van der Waals surface area contributed by atoms with Gasteiger partial charge in [0.15, 0.2) is 5.43 Å². The molecule has 6 aliphatic carbocycles. The van der Waals surface area contributed by atoms with Crippen LogP contribution in [0.4, 0.5) is 0 Å². The lowest BCUT2D eigenvalue weighted by Crippen LogP contribution is -2.28. The van der Waals surface area contributed by atoms with E-state index in [-0.39, 0.29) is 29.1 Å². The molecule has 2 heterocycles. The Morgan fingerprint density at radius 2 is 0.810 bits per heavy atom. The maximum Gasteiger partial charge on any atom is 0.195 e. The molecule has 0 N–H and O–H groups in total. The van der Waals surface area contributed by atoms with Gasteiger partial charge in [-0.05, 0) is 101 Å². The normalized spacial score (nSPS) is 18.5. The van der Waals surface area contributed by atoms with Crippen LogP contribution >= 0.6 is 0 Å². The summed E-state index contributed by atoms with van der Waals surface area (Å²) in [6.07, 6.45) is 0. The van der Waals surface area contributed by atoms with Crippen LogP contribution < -0.4 is 5.43 Å². The first-order valence-electron chi connectivity index (χ1n) is 21.8. The van der Waals surface area contributed by atoms with Crippen LogP contribution in [0, 0.1) is 22.7 Å². The number of benzene rings is 10. The molecule has 4 nitrogen and oxygen atoms in total. The number of aromatic nitrogens is 1. The van der Waals surface area contributed by atoms with Crippen molar-refractivity contribution in [2.45, 2.75) is 23.7 Å². The molecule has 0 amide bonds. The third kappa shape index (κ3) is 3.46. The Balaban J connectivity index is 1.20. The molecule has 4 heteroatoms. The van der Waals surface area contributed by atoms with E-state index in [0.29, 0.717) is 11.1 Å². The van der Waals surface area contributed by atoms with Crippen LogP contribution in [0.1, 0.15) is 102 Å². The predicted octanol–water partition coefficient (Wildman–Crippen LogP) is 12.8. The van der Waals surface area contributed by atoms with E-state index in [4.69, 9.17) is 0 Å². The first kappa shape index (κ1) is 32.5. The second kappa shape index (κ2) is 10.8. The maximum absolute atomic E-state index is 15.6. The van der Waals surface area contributed by atoms with Gasteiger partial charge in [-0.2, -0.15) is 10.5 Å². The molecule has 10 aromatic carbocycles. The molecular formula is C59H29N3O. The Bertz CT molecular complexity index is 4250. The van der Waals surface area contributed by atoms with Gasteiger partial charge in [0.1, 0.15) is 0 Å². The molecule has 18 rings (SSSR count). The van der Waals surface area contributed by atoms with Crippen LogP contribution in [0.15, 0.2) is 156 Å². The zero-order valence-electron chi connectivity index (χ0n) is 33.5. The largest absolute Gasteiger partial charge is 0.308 e. The molecule has 0 saturated heterocycles. The van der Waals surface area contributed by atoms with Gasteiger partial charge in [0.05, 0.1) is 39.8 Å². The van der Waals surface area contributed by atoms with Crippen LogP contribution in [0.5, 0.6) is 0 Å². The standard InChI is InChI=1S/C59H29N3O/c60-26-29-23-43-52(55-46(29)48-31-13-1-5-17-35(31)50(55)36-18-6-2-14-32(36)48)42-25-41-39-21-9-11-28-12-10-22-40(45(28)39)59(63)53(41)57-54-44(62(43)58(42)57)24-30(27-61)47-49-33-15-3-7-19-37(33)51(56(47)54)38-20-8-4-16-34(38)49/h1-25,48-51H. The summed E-state index contributed by atoms with van der Waals surface area (Å²) in [6.45, 7) is 0. The molecule has 0 atom stereocenters. The minimum Gasteiger partial charge on any atom is -0.308 e. The molecule has 6 aliphatic rings. The lowest BCUT2D eigenvalue weighted by atomic mass is 9.59. The summed E-state index contributed by atoms with van der Waals surface area (Å²) >= 11 is 0. The van der Waals surface area contributed by atoms with Crippen molar-refractivity contribution in [3.8, 4) is 12.1 Å². The van der Waals surface area contributed by atoms with Crippen molar-refractivity contribution in [2.75, 3.05) is 0 Å². The minimum absolute atomic E-state index is 0.0254. The Kier molecular flexibility index (Phi) is 5.54. The summed E-state index contributed by atoms with van der Waals surface area (Å²) < 4.78 is 2.34.